The molecule has 1 N–H and O–H groups in total. The topological polar surface area (TPSA) is 76.6 Å². The second-order valence-corrected chi connectivity index (χ2v) is 8.09. The number of fused-ring (bicyclic) bond motifs is 1. The summed E-state index contributed by atoms with van der Waals surface area (Å²) in [4.78, 5) is 18.4. The number of hydrogen-bond donors (Lipinski definition) is 1. The van der Waals surface area contributed by atoms with Crippen LogP contribution in [0.1, 0.15) is 20.8 Å². The van der Waals surface area contributed by atoms with E-state index in [1.54, 1.807) is 7.11 Å². The molecule has 3 heterocycles. The maximum Gasteiger partial charge on any atom is 0.221 e. The summed E-state index contributed by atoms with van der Waals surface area (Å²) >= 11 is 1.48. The van der Waals surface area contributed by atoms with Gasteiger partial charge in [0.1, 0.15) is 21.8 Å². The van der Waals surface area contributed by atoms with Crippen molar-refractivity contribution in [3.05, 3.63) is 30.5 Å². The van der Waals surface area contributed by atoms with E-state index in [0.29, 0.717) is 11.4 Å². The standard InChI is InChI=1S/C21H24N4O3S/c1-12-10-25(11-13(2)28-12)21-20-18(24-29-21)7-16(9-22-20)15-5-6-17(23-14(3)26)19(8-15)27-4/h5-9,12-13H,10-11H2,1-4H3,(H,23,26)/t12-,13+. The molecule has 1 fully saturated rings. The van der Waals surface area contributed by atoms with E-state index in [0.717, 1.165) is 40.3 Å². The van der Waals surface area contributed by atoms with Crippen molar-refractivity contribution in [2.75, 3.05) is 30.4 Å². The van der Waals surface area contributed by atoms with Crippen molar-refractivity contribution in [1.29, 1.82) is 0 Å². The molecule has 0 unspecified atom stereocenters. The van der Waals surface area contributed by atoms with Gasteiger partial charge < -0.3 is 19.7 Å². The van der Waals surface area contributed by atoms with Crippen molar-refractivity contribution in [2.45, 2.75) is 33.0 Å². The molecule has 0 bridgehead atoms. The third-order valence-corrected chi connectivity index (χ3v) is 5.77. The minimum absolute atomic E-state index is 0.138. The summed E-state index contributed by atoms with van der Waals surface area (Å²) in [6.45, 7) is 7.34. The summed E-state index contributed by atoms with van der Waals surface area (Å²) in [5, 5.41) is 3.86. The van der Waals surface area contributed by atoms with Crippen LogP contribution in [0.2, 0.25) is 0 Å². The van der Waals surface area contributed by atoms with Crippen LogP contribution in [0.3, 0.4) is 0 Å². The van der Waals surface area contributed by atoms with E-state index in [1.807, 2.05) is 30.5 Å². The highest BCUT2D eigenvalue weighted by Crippen LogP contribution is 2.35. The number of morpholine rings is 1. The van der Waals surface area contributed by atoms with Gasteiger partial charge in [0.15, 0.2) is 0 Å². The van der Waals surface area contributed by atoms with Gasteiger partial charge in [-0.25, -0.2) is 0 Å². The van der Waals surface area contributed by atoms with Crippen LogP contribution in [-0.2, 0) is 9.53 Å². The molecule has 1 aromatic carbocycles. The Hall–Kier alpha value is -2.71. The summed E-state index contributed by atoms with van der Waals surface area (Å²) in [5.41, 5.74) is 4.34. The molecule has 2 aromatic heterocycles. The van der Waals surface area contributed by atoms with Crippen molar-refractivity contribution in [3.63, 3.8) is 0 Å². The van der Waals surface area contributed by atoms with Gasteiger partial charge in [-0.15, -0.1) is 0 Å². The third-order valence-electron chi connectivity index (χ3n) is 4.85. The summed E-state index contributed by atoms with van der Waals surface area (Å²) in [5.74, 6) is 0.467. The van der Waals surface area contributed by atoms with Crippen molar-refractivity contribution in [3.8, 4) is 16.9 Å². The molecule has 8 heteroatoms. The highest BCUT2D eigenvalue weighted by atomic mass is 32.1. The molecule has 0 saturated carbocycles. The van der Waals surface area contributed by atoms with Crippen LogP contribution in [0, 0.1) is 0 Å². The van der Waals surface area contributed by atoms with Crippen LogP contribution in [-0.4, -0.2) is 47.7 Å². The molecule has 2 atom stereocenters. The number of anilines is 2. The number of methoxy groups -OCH3 is 1. The van der Waals surface area contributed by atoms with E-state index in [1.165, 1.54) is 18.5 Å². The molecule has 152 valence electrons. The molecule has 0 aliphatic carbocycles. The lowest BCUT2D eigenvalue weighted by atomic mass is 10.1. The van der Waals surface area contributed by atoms with Crippen molar-refractivity contribution in [2.24, 2.45) is 0 Å². The number of ether oxygens (including phenoxy) is 2. The Morgan fingerprint density at radius 1 is 1.24 bits per heavy atom. The van der Waals surface area contributed by atoms with Gasteiger partial charge in [-0.3, -0.25) is 9.78 Å². The molecule has 7 nitrogen and oxygen atoms in total. The van der Waals surface area contributed by atoms with Crippen LogP contribution in [0.5, 0.6) is 5.75 Å². The SMILES string of the molecule is COc1cc(-c2cnc3c(N4C[C@@H](C)O[C@@H](C)C4)snc3c2)ccc1NC(C)=O. The third kappa shape index (κ3) is 4.04. The van der Waals surface area contributed by atoms with Gasteiger partial charge in [0.2, 0.25) is 5.91 Å². The number of hydrogen-bond acceptors (Lipinski definition) is 7. The lowest BCUT2D eigenvalue weighted by Crippen LogP contribution is -2.45. The van der Waals surface area contributed by atoms with E-state index >= 15 is 0 Å². The first-order chi connectivity index (χ1) is 13.9. The second-order valence-electron chi connectivity index (χ2n) is 7.34. The summed E-state index contributed by atoms with van der Waals surface area (Å²) < 4.78 is 15.9. The first-order valence-corrected chi connectivity index (χ1v) is 10.3. The number of amides is 1. The van der Waals surface area contributed by atoms with Gasteiger partial charge in [-0.05, 0) is 49.1 Å². The average Bonchev–Trinajstić information content (AvgIpc) is 3.10. The Kier molecular flexibility index (Phi) is 5.38. The Morgan fingerprint density at radius 3 is 2.69 bits per heavy atom. The summed E-state index contributed by atoms with van der Waals surface area (Å²) in [7, 11) is 1.59. The molecular formula is C21H24N4O3S. The van der Waals surface area contributed by atoms with Crippen LogP contribution in [0.15, 0.2) is 30.5 Å². The van der Waals surface area contributed by atoms with Gasteiger partial charge in [-0.1, -0.05) is 6.07 Å². The second kappa shape index (κ2) is 7.96. The number of pyridine rings is 1. The quantitative estimate of drug-likeness (QED) is 0.700. The van der Waals surface area contributed by atoms with Gasteiger partial charge in [0.25, 0.3) is 0 Å². The highest BCUT2D eigenvalue weighted by molar-refractivity contribution is 7.11. The van der Waals surface area contributed by atoms with Gasteiger partial charge >= 0.3 is 0 Å². The summed E-state index contributed by atoms with van der Waals surface area (Å²) in [6.07, 6.45) is 2.23. The largest absolute Gasteiger partial charge is 0.495 e. The highest BCUT2D eigenvalue weighted by Gasteiger charge is 2.25. The van der Waals surface area contributed by atoms with Crippen LogP contribution in [0.25, 0.3) is 22.2 Å². The normalized spacial score (nSPS) is 19.4. The molecule has 0 radical (unpaired) electrons. The van der Waals surface area contributed by atoms with Crippen LogP contribution < -0.4 is 15.0 Å². The number of benzene rings is 1. The zero-order valence-electron chi connectivity index (χ0n) is 16.9. The Labute approximate surface area is 173 Å². The zero-order valence-corrected chi connectivity index (χ0v) is 17.7. The van der Waals surface area contributed by atoms with Gasteiger partial charge in [-0.2, -0.15) is 4.37 Å². The molecule has 1 aliphatic heterocycles. The van der Waals surface area contributed by atoms with E-state index in [4.69, 9.17) is 14.5 Å². The van der Waals surface area contributed by atoms with E-state index in [9.17, 15) is 4.79 Å². The molecule has 1 amide bonds. The molecule has 3 aromatic rings. The minimum Gasteiger partial charge on any atom is -0.495 e. The number of aromatic nitrogens is 2. The van der Waals surface area contributed by atoms with Crippen molar-refractivity contribution < 1.29 is 14.3 Å². The average molecular weight is 413 g/mol. The number of carbonyl (C=O) groups excluding carboxylic acids is 1. The van der Waals surface area contributed by atoms with Gasteiger partial charge in [0.05, 0.1) is 25.0 Å². The van der Waals surface area contributed by atoms with Crippen molar-refractivity contribution >= 4 is 39.2 Å². The molecule has 4 rings (SSSR count). The summed E-state index contributed by atoms with van der Waals surface area (Å²) in [6, 6.07) is 7.72. The lowest BCUT2D eigenvalue weighted by Gasteiger charge is -2.35. The van der Waals surface area contributed by atoms with E-state index < -0.39 is 0 Å². The number of nitrogens with one attached hydrogen (secondary N) is 1. The number of nitrogens with zero attached hydrogens (tertiary/aromatic N) is 3. The first kappa shape index (κ1) is 19.6. The van der Waals surface area contributed by atoms with Gasteiger partial charge in [0, 0.05) is 31.8 Å². The minimum atomic E-state index is -0.138. The van der Waals surface area contributed by atoms with E-state index in [-0.39, 0.29) is 18.1 Å². The Morgan fingerprint density at radius 2 is 2.00 bits per heavy atom. The first-order valence-electron chi connectivity index (χ1n) is 9.56. The molecule has 1 aliphatic rings. The predicted molar refractivity (Wildman–Crippen MR) is 116 cm³/mol. The number of rotatable bonds is 4. The molecule has 0 spiro atoms. The number of carbonyl (C=O) groups is 1. The van der Waals surface area contributed by atoms with Crippen molar-refractivity contribution in [1.82, 2.24) is 9.36 Å². The van der Waals surface area contributed by atoms with Crippen LogP contribution in [0.4, 0.5) is 10.7 Å². The Balaban J connectivity index is 1.66. The van der Waals surface area contributed by atoms with E-state index in [2.05, 4.69) is 28.4 Å². The lowest BCUT2D eigenvalue weighted by molar-refractivity contribution is -0.114. The Bertz CT molecular complexity index is 1040. The maximum absolute atomic E-state index is 11.4. The molecular weight excluding hydrogens is 388 g/mol. The smallest absolute Gasteiger partial charge is 0.221 e. The molecule has 29 heavy (non-hydrogen) atoms. The monoisotopic (exact) mass is 412 g/mol. The fourth-order valence-corrected chi connectivity index (χ4v) is 4.53. The molecule has 1 saturated heterocycles. The fraction of sp³-hybridized carbons (Fsp3) is 0.381. The predicted octanol–water partition coefficient (Wildman–Crippen LogP) is 3.94. The maximum atomic E-state index is 11.4. The fourth-order valence-electron chi connectivity index (χ4n) is 3.70. The van der Waals surface area contributed by atoms with Crippen LogP contribution >= 0.6 is 11.5 Å². The zero-order chi connectivity index (χ0) is 20.5.